The van der Waals surface area contributed by atoms with Crippen molar-refractivity contribution in [2.75, 3.05) is 6.61 Å². The fraction of sp³-hybridized carbons (Fsp3) is 0.500. The van der Waals surface area contributed by atoms with Crippen LogP contribution in [0.3, 0.4) is 0 Å². The smallest absolute Gasteiger partial charge is 0.790 e. The van der Waals surface area contributed by atoms with Gasteiger partial charge in [-0.15, -0.1) is 0 Å². The molecule has 15 nitrogen and oxygen atoms in total. The first-order valence-corrected chi connectivity index (χ1v) is 10.9. The van der Waals surface area contributed by atoms with Gasteiger partial charge in [-0.2, -0.15) is 0 Å². The van der Waals surface area contributed by atoms with E-state index in [1.165, 1.54) is 0 Å². The van der Waals surface area contributed by atoms with Gasteiger partial charge in [0.1, 0.15) is 18.3 Å². The molecule has 1 aliphatic rings. The molecule has 2 aromatic rings. The molecule has 1 unspecified atom stereocenters. The van der Waals surface area contributed by atoms with E-state index in [9.17, 15) is 38.8 Å². The second-order valence-corrected chi connectivity index (χ2v) is 8.88. The normalized spacial score (nSPS) is 25.2. The summed E-state index contributed by atoms with van der Waals surface area (Å²) in [7, 11) is -11.4. The summed E-state index contributed by atoms with van der Waals surface area (Å²) in [5.74, 6) is 0. The molecule has 31 heavy (non-hydrogen) atoms. The largest absolute Gasteiger partial charge is 1.00 e. The molecule has 1 fully saturated rings. The number of hydrogen-bond acceptors (Lipinski definition) is 13. The SMILES string of the molecule is O=c1[nH]cnc2c1nc(Br)n2[C@@H]1O[C@H](COP(=O)([O-])OP(=O)([O-])[O-])[C@@H](O)[C@H]1O.[Na+].[Na+].[Na+]. The van der Waals surface area contributed by atoms with Crippen molar-refractivity contribution in [3.8, 4) is 0 Å². The molecule has 156 valence electrons. The summed E-state index contributed by atoms with van der Waals surface area (Å²) >= 11 is 3.06. The summed E-state index contributed by atoms with van der Waals surface area (Å²) in [6.07, 6.45) is -5.10. The number of aromatic amines is 1. The number of imidazole rings is 1. The topological polar surface area (TPSA) is 235 Å². The number of nitrogens with zero attached hydrogens (tertiary/aromatic N) is 3. The molecular formula is C10H10BrN4Na3O11P2. The number of aliphatic hydroxyl groups excluding tert-OH is 2. The number of H-pyrrole nitrogens is 1. The molecule has 0 spiro atoms. The Morgan fingerprint density at radius 1 is 1.23 bits per heavy atom. The summed E-state index contributed by atoms with van der Waals surface area (Å²) in [5.41, 5.74) is -0.690. The van der Waals surface area contributed by atoms with Crippen molar-refractivity contribution in [2.24, 2.45) is 0 Å². The Morgan fingerprint density at radius 3 is 2.42 bits per heavy atom. The van der Waals surface area contributed by atoms with Crippen LogP contribution in [0.15, 0.2) is 15.9 Å². The third-order valence-corrected chi connectivity index (χ3v) is 6.25. The summed E-state index contributed by atoms with van der Waals surface area (Å²) < 4.78 is 35.7. The van der Waals surface area contributed by atoms with Gasteiger partial charge in [0.2, 0.25) is 0 Å². The van der Waals surface area contributed by atoms with Gasteiger partial charge in [-0.3, -0.25) is 18.2 Å². The second-order valence-electron chi connectivity index (χ2n) is 5.47. The van der Waals surface area contributed by atoms with Crippen LogP contribution in [0, 0.1) is 0 Å². The van der Waals surface area contributed by atoms with E-state index in [-0.39, 0.29) is 105 Å². The summed E-state index contributed by atoms with van der Waals surface area (Å²) in [4.78, 5) is 54.0. The zero-order valence-corrected chi connectivity index (χ0v) is 25.7. The van der Waals surface area contributed by atoms with Gasteiger partial charge < -0.3 is 43.7 Å². The number of rotatable bonds is 6. The number of aliphatic hydroxyl groups is 2. The molecule has 3 rings (SSSR count). The van der Waals surface area contributed by atoms with Gasteiger partial charge in [-0.25, -0.2) is 9.97 Å². The average Bonchev–Trinajstić information content (AvgIpc) is 3.02. The van der Waals surface area contributed by atoms with Crippen LogP contribution < -0.4 is 109 Å². The Kier molecular flexibility index (Phi) is 13.6. The fourth-order valence-electron chi connectivity index (χ4n) is 2.51. The average molecular weight is 573 g/mol. The van der Waals surface area contributed by atoms with E-state index in [1.54, 1.807) is 0 Å². The van der Waals surface area contributed by atoms with Gasteiger partial charge in [0, 0.05) is 0 Å². The van der Waals surface area contributed by atoms with E-state index in [0.29, 0.717) is 0 Å². The van der Waals surface area contributed by atoms with Crippen molar-refractivity contribution >= 4 is 42.7 Å². The van der Waals surface area contributed by atoms with Gasteiger partial charge in [0.25, 0.3) is 13.4 Å². The molecule has 1 aliphatic heterocycles. The van der Waals surface area contributed by atoms with E-state index >= 15 is 0 Å². The first kappa shape index (κ1) is 33.0. The van der Waals surface area contributed by atoms with Crippen molar-refractivity contribution in [2.45, 2.75) is 24.5 Å². The van der Waals surface area contributed by atoms with Gasteiger partial charge in [-0.1, -0.05) is 0 Å². The summed E-state index contributed by atoms with van der Waals surface area (Å²) in [5, 5.41) is 20.3. The van der Waals surface area contributed by atoms with Crippen LogP contribution >= 0.6 is 31.6 Å². The Hall–Kier alpha value is 1.97. The van der Waals surface area contributed by atoms with Gasteiger partial charge in [0.05, 0.1) is 20.8 Å². The first-order valence-electron chi connectivity index (χ1n) is 7.21. The van der Waals surface area contributed by atoms with Crippen LogP contribution in [0.4, 0.5) is 0 Å². The summed E-state index contributed by atoms with van der Waals surface area (Å²) in [6.45, 7) is -0.978. The maximum atomic E-state index is 11.8. The number of fused-ring (bicyclic) bond motifs is 1. The molecular weight excluding hydrogens is 563 g/mol. The zero-order valence-electron chi connectivity index (χ0n) is 16.3. The van der Waals surface area contributed by atoms with Crippen LogP contribution in [-0.4, -0.2) is 54.7 Å². The predicted molar refractivity (Wildman–Crippen MR) is 84.0 cm³/mol. The molecule has 1 saturated heterocycles. The monoisotopic (exact) mass is 572 g/mol. The van der Waals surface area contributed by atoms with E-state index < -0.39 is 52.4 Å². The van der Waals surface area contributed by atoms with Crippen LogP contribution in [0.25, 0.3) is 11.2 Å². The minimum atomic E-state index is -5.88. The van der Waals surface area contributed by atoms with E-state index in [1.807, 2.05) is 0 Å². The van der Waals surface area contributed by atoms with Crippen LogP contribution in [0.5, 0.6) is 0 Å². The van der Waals surface area contributed by atoms with Crippen molar-refractivity contribution < 1.29 is 136 Å². The van der Waals surface area contributed by atoms with Gasteiger partial charge >= 0.3 is 88.7 Å². The maximum absolute atomic E-state index is 11.8. The van der Waals surface area contributed by atoms with Crippen LogP contribution in [0.2, 0.25) is 0 Å². The quantitative estimate of drug-likeness (QED) is 0.166. The summed E-state index contributed by atoms with van der Waals surface area (Å²) in [6, 6.07) is 0. The third-order valence-electron chi connectivity index (χ3n) is 3.63. The number of phosphoric ester groups is 1. The van der Waals surface area contributed by atoms with Crippen molar-refractivity contribution in [1.82, 2.24) is 19.5 Å². The van der Waals surface area contributed by atoms with Crippen molar-refractivity contribution in [3.05, 3.63) is 21.4 Å². The fourth-order valence-corrected chi connectivity index (χ4v) is 4.56. The number of ether oxygens (including phenoxy) is 1. The van der Waals surface area contributed by atoms with Crippen molar-refractivity contribution in [3.63, 3.8) is 0 Å². The Morgan fingerprint density at radius 2 is 1.84 bits per heavy atom. The molecule has 0 radical (unpaired) electrons. The molecule has 0 saturated carbocycles. The zero-order chi connectivity index (χ0) is 20.9. The molecule has 2 aromatic heterocycles. The minimum Gasteiger partial charge on any atom is -0.790 e. The van der Waals surface area contributed by atoms with Gasteiger partial charge in [-0.05, 0) is 15.9 Å². The predicted octanol–water partition coefficient (Wildman–Crippen LogP) is -12.2. The van der Waals surface area contributed by atoms with Crippen LogP contribution in [0.1, 0.15) is 6.23 Å². The number of hydrogen-bond donors (Lipinski definition) is 3. The van der Waals surface area contributed by atoms with Crippen molar-refractivity contribution in [1.29, 1.82) is 0 Å². The molecule has 0 amide bonds. The molecule has 0 aliphatic carbocycles. The molecule has 0 bridgehead atoms. The number of nitrogens with one attached hydrogen (secondary N) is 1. The molecule has 5 atom stereocenters. The third kappa shape index (κ3) is 7.98. The maximum Gasteiger partial charge on any atom is 1.00 e. The molecule has 3 heterocycles. The Labute approximate surface area is 248 Å². The minimum absolute atomic E-state index is 0. The Balaban J connectivity index is 0.00000300. The Bertz CT molecular complexity index is 1050. The first-order chi connectivity index (χ1) is 12.9. The van der Waals surface area contributed by atoms with E-state index in [2.05, 4.69) is 39.7 Å². The van der Waals surface area contributed by atoms with Crippen LogP contribution in [-0.2, 0) is 22.7 Å². The number of halogens is 1. The van der Waals surface area contributed by atoms with E-state index in [4.69, 9.17) is 4.74 Å². The molecule has 0 aromatic carbocycles. The number of aromatic nitrogens is 4. The standard InChI is InChI=1S/C10H13BrN4O11P2.3Na/c11-10-14-4-7(12-2-13-8(4)18)15(10)9-6(17)5(16)3(25-9)1-24-28(22,23)26-27(19,20)21;;;/h2-3,5-6,9,16-17H,1H2,(H,22,23)(H,12,13,18)(H2,19,20,21);;;/q;3*+1/p-3/t3-,5-,6-,9-;;;/m1.../s1. The van der Waals surface area contributed by atoms with E-state index in [0.717, 1.165) is 10.9 Å². The number of phosphoric acid groups is 2. The molecule has 3 N–H and O–H groups in total. The molecule has 21 heteroatoms. The second kappa shape index (κ2) is 12.8. The van der Waals surface area contributed by atoms with Gasteiger partial charge in [0.15, 0.2) is 22.1 Å².